The van der Waals surface area contributed by atoms with E-state index in [0.717, 1.165) is 44.4 Å². The van der Waals surface area contributed by atoms with Crippen molar-refractivity contribution in [1.29, 1.82) is 0 Å². The lowest BCUT2D eigenvalue weighted by atomic mass is 10.0. The van der Waals surface area contributed by atoms with E-state index in [4.69, 9.17) is 19.1 Å². The average molecular weight is 813 g/mol. The summed E-state index contributed by atoms with van der Waals surface area (Å²) in [7, 11) is -4.64. The summed E-state index contributed by atoms with van der Waals surface area (Å²) in [6.07, 6.45) is 37.2. The Morgan fingerprint density at radius 3 is 1.73 bits per heavy atom. The van der Waals surface area contributed by atoms with Crippen molar-refractivity contribution >= 4 is 19.8 Å². The van der Waals surface area contributed by atoms with Gasteiger partial charge in [0.1, 0.15) is 12.7 Å². The molecule has 0 aromatic heterocycles. The number of allylic oxidation sites excluding steroid dienone is 9. The van der Waals surface area contributed by atoms with E-state index >= 15 is 0 Å². The predicted molar refractivity (Wildman–Crippen MR) is 225 cm³/mol. The number of phosphoric acid groups is 1. The Morgan fingerprint density at radius 1 is 0.643 bits per heavy atom. The first-order valence-electron chi connectivity index (χ1n) is 21.2. The molecule has 0 spiro atoms. The molecule has 0 aliphatic rings. The number of ether oxygens (including phenoxy) is 2. The molecule has 0 fully saturated rings. The molecule has 0 aliphatic heterocycles. The fraction of sp³-hybridized carbons (Fsp3) is 0.727. The normalized spacial score (nSPS) is 15.1. The van der Waals surface area contributed by atoms with Crippen molar-refractivity contribution in [2.75, 3.05) is 26.4 Å². The molecule has 324 valence electrons. The summed E-state index contributed by atoms with van der Waals surface area (Å²) in [6, 6.07) is 0. The molecule has 0 aromatic carbocycles. The number of unbranched alkanes of at least 4 members (excludes halogenated alkanes) is 12. The third-order valence-electron chi connectivity index (χ3n) is 8.77. The number of hydrogen-bond donors (Lipinski definition) is 4. The summed E-state index contributed by atoms with van der Waals surface area (Å²) in [6.45, 7) is 4.28. The molecule has 0 heterocycles. The Balaban J connectivity index is 4.42. The van der Waals surface area contributed by atoms with Crippen molar-refractivity contribution in [3.8, 4) is 0 Å². The van der Waals surface area contributed by atoms with Crippen LogP contribution < -0.4 is 0 Å². The van der Waals surface area contributed by atoms with E-state index in [2.05, 4.69) is 42.7 Å². The molecular formula is C44H77O11P. The highest BCUT2D eigenvalue weighted by Gasteiger charge is 2.27. The van der Waals surface area contributed by atoms with Crippen LogP contribution in [0.4, 0.5) is 0 Å². The Bertz CT molecular complexity index is 1150. The van der Waals surface area contributed by atoms with Gasteiger partial charge in [0.15, 0.2) is 6.10 Å². The van der Waals surface area contributed by atoms with Crippen LogP contribution in [-0.2, 0) is 32.7 Å². The van der Waals surface area contributed by atoms with Crippen LogP contribution >= 0.6 is 7.82 Å². The average Bonchev–Trinajstić information content (AvgIpc) is 3.17. The van der Waals surface area contributed by atoms with Crippen LogP contribution in [0.5, 0.6) is 0 Å². The Labute approximate surface area is 338 Å². The number of carbonyl (C=O) groups is 2. The Hall–Kier alpha value is -2.37. The summed E-state index contributed by atoms with van der Waals surface area (Å²) < 4.78 is 32.6. The van der Waals surface area contributed by atoms with Crippen molar-refractivity contribution in [3.63, 3.8) is 0 Å². The lowest BCUT2D eigenvalue weighted by Crippen LogP contribution is -2.29. The first-order valence-corrected chi connectivity index (χ1v) is 22.7. The standard InChI is InChI=1S/C44H77O11P/c1-4-40(46)32-28-24-20-16-12-7-5-6-8-13-17-21-25-29-33-43(48)52-37-42(38-54-56(50,51)53-36-41(47)35-45)55-44(49)34-30-26-22-18-14-10-9-11-15-19-23-27-31-39(2)3/h6-8,12,17,20-21,24,28,32,39-42,45-47H,4-5,9-11,13-16,18-19,22-23,25-27,29-31,33-38H2,1-3H3,(H,50,51)/b8-6-,12-7-,21-17-,24-20-,32-28+/t40-,41-,42+/m0/s1. The first-order chi connectivity index (χ1) is 27.0. The number of esters is 2. The molecule has 0 radical (unpaired) electrons. The zero-order valence-corrected chi connectivity index (χ0v) is 35.7. The van der Waals surface area contributed by atoms with Crippen LogP contribution in [0.2, 0.25) is 0 Å². The molecule has 56 heavy (non-hydrogen) atoms. The van der Waals surface area contributed by atoms with Gasteiger partial charge in [-0.2, -0.15) is 0 Å². The molecule has 0 saturated carbocycles. The van der Waals surface area contributed by atoms with Gasteiger partial charge < -0.3 is 29.7 Å². The van der Waals surface area contributed by atoms with Gasteiger partial charge >= 0.3 is 19.8 Å². The lowest BCUT2D eigenvalue weighted by molar-refractivity contribution is -0.161. The van der Waals surface area contributed by atoms with Crippen LogP contribution in [0.3, 0.4) is 0 Å². The number of carbonyl (C=O) groups excluding carboxylic acids is 2. The molecule has 0 rings (SSSR count). The largest absolute Gasteiger partial charge is 0.472 e. The monoisotopic (exact) mass is 813 g/mol. The molecule has 0 amide bonds. The van der Waals surface area contributed by atoms with E-state index < -0.39 is 51.8 Å². The van der Waals surface area contributed by atoms with Crippen LogP contribution in [-0.4, -0.2) is 76.9 Å². The van der Waals surface area contributed by atoms with Gasteiger partial charge in [0.05, 0.1) is 25.9 Å². The van der Waals surface area contributed by atoms with Gasteiger partial charge in [0, 0.05) is 12.8 Å². The summed E-state index contributed by atoms with van der Waals surface area (Å²) >= 11 is 0. The maximum absolute atomic E-state index is 12.6. The SMILES string of the molecule is CC[C@H](O)/C=C/C=C\C/C=C\C/C=C\C/C=C\CCCC(=O)OC[C@H](COP(=O)(O)OC[C@@H](O)CO)OC(=O)CCCCCCCCCCCCCCC(C)C. The van der Waals surface area contributed by atoms with Gasteiger partial charge in [-0.1, -0.05) is 159 Å². The molecule has 0 bridgehead atoms. The van der Waals surface area contributed by atoms with Crippen molar-refractivity contribution in [2.45, 2.75) is 174 Å². The molecule has 4 N–H and O–H groups in total. The minimum atomic E-state index is -4.64. The molecule has 0 saturated heterocycles. The smallest absolute Gasteiger partial charge is 0.462 e. The van der Waals surface area contributed by atoms with Crippen LogP contribution in [0.1, 0.15) is 156 Å². The molecule has 1 unspecified atom stereocenters. The van der Waals surface area contributed by atoms with Gasteiger partial charge in [0.2, 0.25) is 0 Å². The summed E-state index contributed by atoms with van der Waals surface area (Å²) in [5.41, 5.74) is 0. The second-order valence-electron chi connectivity index (χ2n) is 14.7. The van der Waals surface area contributed by atoms with E-state index in [1.54, 1.807) is 6.08 Å². The molecule has 4 atom stereocenters. The summed E-state index contributed by atoms with van der Waals surface area (Å²) in [5, 5.41) is 27.8. The van der Waals surface area contributed by atoms with Crippen molar-refractivity contribution in [2.24, 2.45) is 5.92 Å². The molecule has 0 aromatic rings. The van der Waals surface area contributed by atoms with Crippen LogP contribution in [0.15, 0.2) is 60.8 Å². The third-order valence-corrected chi connectivity index (χ3v) is 9.72. The number of phosphoric ester groups is 1. The lowest BCUT2D eigenvalue weighted by Gasteiger charge is -2.20. The van der Waals surface area contributed by atoms with E-state index in [0.29, 0.717) is 25.7 Å². The number of rotatable bonds is 38. The van der Waals surface area contributed by atoms with Crippen molar-refractivity contribution < 1.29 is 52.9 Å². The van der Waals surface area contributed by atoms with E-state index in [-0.39, 0.29) is 25.6 Å². The highest BCUT2D eigenvalue weighted by Crippen LogP contribution is 2.43. The van der Waals surface area contributed by atoms with E-state index in [1.807, 2.05) is 37.3 Å². The topological polar surface area (TPSA) is 169 Å². The maximum atomic E-state index is 12.6. The zero-order chi connectivity index (χ0) is 41.5. The number of aliphatic hydroxyl groups excluding tert-OH is 3. The molecule has 0 aliphatic carbocycles. The Kier molecular flexibility index (Phi) is 36.5. The van der Waals surface area contributed by atoms with Gasteiger partial charge in [-0.25, -0.2) is 4.57 Å². The van der Waals surface area contributed by atoms with Gasteiger partial charge in [-0.15, -0.1) is 0 Å². The fourth-order valence-electron chi connectivity index (χ4n) is 5.34. The van der Waals surface area contributed by atoms with Crippen LogP contribution in [0, 0.1) is 5.92 Å². The molecule has 11 nitrogen and oxygen atoms in total. The fourth-order valence-corrected chi connectivity index (χ4v) is 6.13. The second-order valence-corrected chi connectivity index (χ2v) is 16.1. The minimum absolute atomic E-state index is 0.148. The predicted octanol–water partition coefficient (Wildman–Crippen LogP) is 9.94. The van der Waals surface area contributed by atoms with E-state index in [9.17, 15) is 29.3 Å². The third kappa shape index (κ3) is 38.5. The summed E-state index contributed by atoms with van der Waals surface area (Å²) in [5.74, 6) is -0.216. The van der Waals surface area contributed by atoms with Gasteiger partial charge in [-0.3, -0.25) is 18.6 Å². The Morgan fingerprint density at radius 2 is 1.16 bits per heavy atom. The minimum Gasteiger partial charge on any atom is -0.462 e. The van der Waals surface area contributed by atoms with E-state index in [1.165, 1.54) is 57.8 Å². The number of aliphatic hydroxyl groups is 3. The highest BCUT2D eigenvalue weighted by atomic mass is 31.2. The highest BCUT2D eigenvalue weighted by molar-refractivity contribution is 7.47. The number of hydrogen-bond acceptors (Lipinski definition) is 10. The molecule has 12 heteroatoms. The van der Waals surface area contributed by atoms with Crippen LogP contribution in [0.25, 0.3) is 0 Å². The summed E-state index contributed by atoms with van der Waals surface area (Å²) in [4.78, 5) is 34.9. The maximum Gasteiger partial charge on any atom is 0.472 e. The zero-order valence-electron chi connectivity index (χ0n) is 34.9. The second kappa shape index (κ2) is 38.2. The van der Waals surface area contributed by atoms with Gasteiger partial charge in [0.25, 0.3) is 0 Å². The quantitative estimate of drug-likeness (QED) is 0.0154. The van der Waals surface area contributed by atoms with Gasteiger partial charge in [-0.05, 0) is 50.9 Å². The van der Waals surface area contributed by atoms with Crippen molar-refractivity contribution in [1.82, 2.24) is 0 Å². The molecular weight excluding hydrogens is 735 g/mol. The first kappa shape index (κ1) is 53.6. The van der Waals surface area contributed by atoms with Crippen molar-refractivity contribution in [3.05, 3.63) is 60.8 Å².